The Morgan fingerprint density at radius 2 is 1.55 bits per heavy atom. The van der Waals surface area contributed by atoms with Gasteiger partial charge in [0.15, 0.2) is 0 Å². The van der Waals surface area contributed by atoms with Crippen molar-refractivity contribution >= 4 is 85.9 Å². The first kappa shape index (κ1) is 38.8. The first-order chi connectivity index (χ1) is 20.9. The maximum absolute atomic E-state index is 13.6. The Morgan fingerprint density at radius 1 is 0.909 bits per heavy atom. The van der Waals surface area contributed by atoms with Crippen LogP contribution in [0.1, 0.15) is 57.9 Å². The number of halogens is 2. The molecule has 1 heterocycles. The molecule has 1 aromatic carbocycles. The normalized spacial score (nSPS) is 13.7. The first-order valence-corrected chi connectivity index (χ1v) is 19.0. The van der Waals surface area contributed by atoms with E-state index in [1.807, 2.05) is 38.1 Å². The number of unbranched alkanes of at least 4 members (excludes halogenated alkanes) is 3. The van der Waals surface area contributed by atoms with Gasteiger partial charge in [0.05, 0.1) is 4.34 Å². The molecule has 3 atom stereocenters. The lowest BCUT2D eigenvalue weighted by Gasteiger charge is -2.25. The van der Waals surface area contributed by atoms with Gasteiger partial charge < -0.3 is 21.7 Å². The molecule has 2 aromatic rings. The second-order valence-corrected chi connectivity index (χ2v) is 16.1. The number of amides is 3. The van der Waals surface area contributed by atoms with Crippen molar-refractivity contribution in [1.82, 2.24) is 20.7 Å². The van der Waals surface area contributed by atoms with Crippen molar-refractivity contribution in [2.75, 3.05) is 18.8 Å². The molecule has 0 bridgehead atoms. The summed E-state index contributed by atoms with van der Waals surface area (Å²) in [6, 6.07) is 7.16. The number of benzene rings is 1. The average Bonchev–Trinajstić information content (AvgIpc) is 3.43. The average molecular weight is 800 g/mol. The number of thiol groups is 1. The number of hydrogen-bond donors (Lipinski definition) is 6. The molecule has 0 aliphatic carbocycles. The number of nitrogens with one attached hydrogen (secondary N) is 4. The van der Waals surface area contributed by atoms with Crippen LogP contribution in [0.4, 0.5) is 0 Å². The van der Waals surface area contributed by atoms with Gasteiger partial charge in [-0.2, -0.15) is 17.4 Å². The second kappa shape index (κ2) is 19.9. The van der Waals surface area contributed by atoms with Crippen LogP contribution in [-0.4, -0.2) is 63.1 Å². The van der Waals surface area contributed by atoms with Crippen molar-refractivity contribution in [2.45, 2.75) is 81.1 Å². The quantitative estimate of drug-likeness (QED) is 0.0679. The van der Waals surface area contributed by atoms with Crippen molar-refractivity contribution in [3.8, 4) is 0 Å². The van der Waals surface area contributed by atoms with E-state index in [9.17, 15) is 22.8 Å². The van der Waals surface area contributed by atoms with E-state index in [0.29, 0.717) is 23.8 Å². The molecule has 0 saturated heterocycles. The molecular formula is C29H43ClIN5O5S3. The lowest BCUT2D eigenvalue weighted by molar-refractivity contribution is -0.132. The van der Waals surface area contributed by atoms with Crippen LogP contribution in [0.3, 0.4) is 0 Å². The van der Waals surface area contributed by atoms with Gasteiger partial charge in [0.1, 0.15) is 22.3 Å². The fourth-order valence-corrected chi connectivity index (χ4v) is 7.54. The number of carbonyl (C=O) groups is 3. The molecule has 0 radical (unpaired) electrons. The maximum Gasteiger partial charge on any atom is 0.250 e. The Balaban J connectivity index is 2.22. The Morgan fingerprint density at radius 3 is 2.14 bits per heavy atom. The van der Waals surface area contributed by atoms with Gasteiger partial charge in [-0.15, -0.1) is 11.3 Å². The lowest BCUT2D eigenvalue weighted by atomic mass is 10.0. The molecular weight excluding hydrogens is 757 g/mol. The number of nitrogens with two attached hydrogens (primary N) is 1. The zero-order valence-electron chi connectivity index (χ0n) is 25.0. The summed E-state index contributed by atoms with van der Waals surface area (Å²) in [6.07, 6.45) is 4.53. The third kappa shape index (κ3) is 13.9. The standard InChI is InChI=1S/C29H43ClIN5O5S3/c1-19(2)7-12-22(36-44(40,41)26-14-13-25(30)43-26)28(38)34-23(17-20-8-10-21(31)11-9-20)29(39)35-24(18-42)27(37)33-16-6-4-3-5-15-32/h8-11,13-14,19,22-24,36,42H,3-7,12,15-18,32H2,1-2H3,(H,33,37)(H,34,38)(H,35,39)/t22-,23-,24-/m0/s1. The van der Waals surface area contributed by atoms with Crippen LogP contribution < -0.4 is 26.4 Å². The molecule has 1 aromatic heterocycles. The lowest BCUT2D eigenvalue weighted by Crippen LogP contribution is -2.57. The third-order valence-electron chi connectivity index (χ3n) is 6.69. The summed E-state index contributed by atoms with van der Waals surface area (Å²) in [5.41, 5.74) is 6.30. The van der Waals surface area contributed by atoms with E-state index >= 15 is 0 Å². The molecule has 6 N–H and O–H groups in total. The third-order valence-corrected chi connectivity index (χ3v) is 11.0. The van der Waals surface area contributed by atoms with Crippen molar-refractivity contribution in [2.24, 2.45) is 11.7 Å². The summed E-state index contributed by atoms with van der Waals surface area (Å²) in [6.45, 7) is 5.03. The van der Waals surface area contributed by atoms with Crippen LogP contribution in [-0.2, 0) is 30.8 Å². The summed E-state index contributed by atoms with van der Waals surface area (Å²) in [4.78, 5) is 40.0. The Bertz CT molecular complexity index is 1310. The molecule has 3 amide bonds. The van der Waals surface area contributed by atoms with E-state index in [2.05, 4.69) is 55.9 Å². The molecule has 10 nitrogen and oxygen atoms in total. The molecule has 2 rings (SSSR count). The maximum atomic E-state index is 13.6. The molecule has 15 heteroatoms. The van der Waals surface area contributed by atoms with E-state index in [1.54, 1.807) is 0 Å². The van der Waals surface area contributed by atoms with Crippen LogP contribution in [0, 0.1) is 9.49 Å². The molecule has 0 aliphatic heterocycles. The highest BCUT2D eigenvalue weighted by atomic mass is 127. The number of rotatable bonds is 20. The van der Waals surface area contributed by atoms with Crippen LogP contribution in [0.2, 0.25) is 4.34 Å². The fourth-order valence-electron chi connectivity index (χ4n) is 4.19. The van der Waals surface area contributed by atoms with Crippen molar-refractivity contribution in [1.29, 1.82) is 0 Å². The zero-order valence-corrected chi connectivity index (χ0v) is 30.4. The van der Waals surface area contributed by atoms with Crippen molar-refractivity contribution < 1.29 is 22.8 Å². The number of thiophene rings is 1. The van der Waals surface area contributed by atoms with Gasteiger partial charge in [-0.3, -0.25) is 14.4 Å². The first-order valence-electron chi connectivity index (χ1n) is 14.6. The van der Waals surface area contributed by atoms with Gasteiger partial charge in [0, 0.05) is 22.3 Å². The minimum Gasteiger partial charge on any atom is -0.354 e. The molecule has 0 spiro atoms. The molecule has 0 aliphatic rings. The topological polar surface area (TPSA) is 159 Å². The minimum absolute atomic E-state index is 0.0138. The van der Waals surface area contributed by atoms with Crippen LogP contribution in [0.25, 0.3) is 0 Å². The fraction of sp³-hybridized carbons (Fsp3) is 0.552. The number of sulfonamides is 1. The van der Waals surface area contributed by atoms with Crippen LogP contribution in [0.15, 0.2) is 40.6 Å². The van der Waals surface area contributed by atoms with Gasteiger partial charge >= 0.3 is 0 Å². The molecule has 246 valence electrons. The van der Waals surface area contributed by atoms with Crippen LogP contribution >= 0.6 is 58.2 Å². The highest BCUT2D eigenvalue weighted by Gasteiger charge is 2.31. The molecule has 0 unspecified atom stereocenters. The Hall–Kier alpha value is -1.43. The van der Waals surface area contributed by atoms with E-state index in [1.165, 1.54) is 12.1 Å². The molecule has 0 fully saturated rings. The summed E-state index contributed by atoms with van der Waals surface area (Å²) in [7, 11) is -4.05. The van der Waals surface area contributed by atoms with E-state index in [0.717, 1.165) is 46.2 Å². The monoisotopic (exact) mass is 799 g/mol. The number of hydrogen-bond acceptors (Lipinski definition) is 8. The van der Waals surface area contributed by atoms with Gasteiger partial charge in [-0.1, -0.05) is 50.4 Å². The summed E-state index contributed by atoms with van der Waals surface area (Å²) in [5, 5.41) is 8.31. The zero-order chi connectivity index (χ0) is 32.7. The van der Waals surface area contributed by atoms with Crippen LogP contribution in [0.5, 0.6) is 0 Å². The van der Waals surface area contributed by atoms with E-state index < -0.39 is 40.0 Å². The van der Waals surface area contributed by atoms with E-state index in [-0.39, 0.29) is 34.6 Å². The minimum atomic E-state index is -4.05. The van der Waals surface area contributed by atoms with Gasteiger partial charge in [-0.05, 0) is 90.6 Å². The predicted molar refractivity (Wildman–Crippen MR) is 189 cm³/mol. The SMILES string of the molecule is CC(C)CC[C@H](NS(=O)(=O)c1ccc(Cl)s1)C(=O)N[C@@H](Cc1ccc(I)cc1)C(=O)N[C@@H](CS)C(=O)NCCCCCCN. The Labute approximate surface area is 289 Å². The molecule has 44 heavy (non-hydrogen) atoms. The summed E-state index contributed by atoms with van der Waals surface area (Å²) < 4.78 is 30.0. The van der Waals surface area contributed by atoms with Crippen molar-refractivity contribution in [3.05, 3.63) is 49.9 Å². The Kier molecular flexibility index (Phi) is 17.6. The van der Waals surface area contributed by atoms with Gasteiger partial charge in [0.2, 0.25) is 17.7 Å². The van der Waals surface area contributed by atoms with Gasteiger partial charge in [-0.25, -0.2) is 8.42 Å². The summed E-state index contributed by atoms with van der Waals surface area (Å²) in [5.74, 6) is -1.35. The van der Waals surface area contributed by atoms with Crippen molar-refractivity contribution in [3.63, 3.8) is 0 Å². The smallest absolute Gasteiger partial charge is 0.250 e. The second-order valence-electron chi connectivity index (χ2n) is 10.8. The van der Waals surface area contributed by atoms with E-state index in [4.69, 9.17) is 17.3 Å². The largest absolute Gasteiger partial charge is 0.354 e. The molecule has 0 saturated carbocycles. The highest BCUT2D eigenvalue weighted by Crippen LogP contribution is 2.26. The highest BCUT2D eigenvalue weighted by molar-refractivity contribution is 14.1. The summed E-state index contributed by atoms with van der Waals surface area (Å²) >= 11 is 13.3. The van der Waals surface area contributed by atoms with Gasteiger partial charge in [0.25, 0.3) is 10.0 Å². The predicted octanol–water partition coefficient (Wildman–Crippen LogP) is 3.87. The number of carbonyl (C=O) groups excluding carboxylic acids is 3.